The zero-order valence-electron chi connectivity index (χ0n) is 17.9. The van der Waals surface area contributed by atoms with Gasteiger partial charge < -0.3 is 29.7 Å². The van der Waals surface area contributed by atoms with Gasteiger partial charge in [-0.05, 0) is 19.9 Å². The van der Waals surface area contributed by atoms with Crippen molar-refractivity contribution in [1.82, 2.24) is 5.32 Å². The van der Waals surface area contributed by atoms with Crippen molar-refractivity contribution < 1.29 is 38.8 Å². The topological polar surface area (TPSA) is 135 Å². The van der Waals surface area contributed by atoms with Crippen molar-refractivity contribution in [3.05, 3.63) is 35.1 Å². The first kappa shape index (κ1) is 21.9. The van der Waals surface area contributed by atoms with E-state index in [0.717, 1.165) is 5.57 Å². The van der Waals surface area contributed by atoms with Crippen LogP contribution >= 0.6 is 0 Å². The molecular formula is C22H27NO8. The number of epoxide rings is 1. The number of carbonyl (C=O) groups is 3. The molecule has 0 aromatic rings. The predicted molar refractivity (Wildman–Crippen MR) is 107 cm³/mol. The second-order valence-electron chi connectivity index (χ2n) is 8.84. The number of Topliss-reactive ketones (excluding diaryl/α,β-unsaturated/α-hetero) is 2. The van der Waals surface area contributed by atoms with E-state index in [0.29, 0.717) is 0 Å². The molecule has 4 fully saturated rings. The minimum absolute atomic E-state index is 0.116. The average Bonchev–Trinajstić information content (AvgIpc) is 3.40. The molecule has 4 aliphatic rings. The number of aliphatic hydroxyl groups is 2. The summed E-state index contributed by atoms with van der Waals surface area (Å²) < 4.78 is 17.8. The summed E-state index contributed by atoms with van der Waals surface area (Å²) in [5.74, 6) is -3.20. The molecule has 168 valence electrons. The molecular weight excluding hydrogens is 406 g/mol. The first-order valence-electron chi connectivity index (χ1n) is 10.3. The molecule has 4 heterocycles. The lowest BCUT2D eigenvalue weighted by Gasteiger charge is -2.51. The molecule has 0 aromatic carbocycles. The molecule has 9 nitrogen and oxygen atoms in total. The standard InChI is InChI=1S/C22H27NO8/c1-10(5-6-13(25)15-14(26)8-23-20(15)28)7-11(2)17-12(3)18-16(27)19-22(9-24,31-19)21(4,29-17)30-18/h5-7,11-12,17-19,24-25H,8-9H2,1-4H3,(H,23,28)/b6-5+,10-7+,15-13-/t11-,12-,17-,18+,19+,21+,22+/m0/s1. The number of hydrogen-bond donors (Lipinski definition) is 3. The van der Waals surface area contributed by atoms with E-state index < -0.39 is 35.3 Å². The number of hydrogen-bond acceptors (Lipinski definition) is 8. The number of nitrogens with one attached hydrogen (secondary N) is 1. The Balaban J connectivity index is 1.53. The number of ketones is 2. The van der Waals surface area contributed by atoms with E-state index in [1.54, 1.807) is 13.0 Å². The van der Waals surface area contributed by atoms with Crippen LogP contribution in [-0.2, 0) is 28.6 Å². The quantitative estimate of drug-likeness (QED) is 0.187. The van der Waals surface area contributed by atoms with Gasteiger partial charge in [-0.15, -0.1) is 0 Å². The van der Waals surface area contributed by atoms with Crippen LogP contribution in [0.25, 0.3) is 0 Å². The van der Waals surface area contributed by atoms with Gasteiger partial charge in [0.05, 0.1) is 19.3 Å². The van der Waals surface area contributed by atoms with Crippen LogP contribution in [0, 0.1) is 11.8 Å². The Morgan fingerprint density at radius 2 is 1.97 bits per heavy atom. The summed E-state index contributed by atoms with van der Waals surface area (Å²) in [5.41, 5.74) is -0.637. The molecule has 3 N–H and O–H groups in total. The van der Waals surface area contributed by atoms with Crippen molar-refractivity contribution in [1.29, 1.82) is 0 Å². The number of amides is 1. The smallest absolute Gasteiger partial charge is 0.259 e. The maximum absolute atomic E-state index is 12.7. The third kappa shape index (κ3) is 3.27. The molecule has 4 aliphatic heterocycles. The van der Waals surface area contributed by atoms with Gasteiger partial charge in [0.2, 0.25) is 5.79 Å². The molecule has 0 aromatic heterocycles. The summed E-state index contributed by atoms with van der Waals surface area (Å²) in [4.78, 5) is 36.0. The average molecular weight is 433 g/mol. The van der Waals surface area contributed by atoms with E-state index >= 15 is 0 Å². The number of rotatable bonds is 5. The van der Waals surface area contributed by atoms with Crippen LogP contribution in [0.15, 0.2) is 35.1 Å². The molecule has 2 bridgehead atoms. The van der Waals surface area contributed by atoms with Crippen molar-refractivity contribution in [2.24, 2.45) is 11.8 Å². The van der Waals surface area contributed by atoms with Gasteiger partial charge in [0.25, 0.3) is 5.91 Å². The van der Waals surface area contributed by atoms with Crippen LogP contribution < -0.4 is 5.32 Å². The van der Waals surface area contributed by atoms with Gasteiger partial charge in [0.15, 0.2) is 23.3 Å². The van der Waals surface area contributed by atoms with Crippen LogP contribution in [0.4, 0.5) is 0 Å². The van der Waals surface area contributed by atoms with Crippen molar-refractivity contribution >= 4 is 17.5 Å². The molecule has 0 spiro atoms. The van der Waals surface area contributed by atoms with Crippen LogP contribution in [0.3, 0.4) is 0 Å². The second-order valence-corrected chi connectivity index (χ2v) is 8.84. The highest BCUT2D eigenvalue weighted by Gasteiger charge is 2.78. The molecule has 4 saturated heterocycles. The molecule has 0 unspecified atom stereocenters. The van der Waals surface area contributed by atoms with Gasteiger partial charge >= 0.3 is 0 Å². The molecule has 4 rings (SSSR count). The molecule has 0 saturated carbocycles. The Hall–Kier alpha value is -2.33. The molecule has 9 heteroatoms. The lowest BCUT2D eigenvalue weighted by atomic mass is 9.78. The summed E-state index contributed by atoms with van der Waals surface area (Å²) in [6.45, 7) is 6.84. The number of aliphatic hydroxyl groups excluding tert-OH is 2. The largest absolute Gasteiger partial charge is 0.507 e. The van der Waals surface area contributed by atoms with Crippen molar-refractivity contribution in [2.75, 3.05) is 13.2 Å². The normalized spacial score (nSPS) is 42.5. The highest BCUT2D eigenvalue weighted by atomic mass is 16.8. The highest BCUT2D eigenvalue weighted by Crippen LogP contribution is 2.57. The first-order chi connectivity index (χ1) is 14.5. The highest BCUT2D eigenvalue weighted by molar-refractivity contribution is 6.25. The van der Waals surface area contributed by atoms with Crippen LogP contribution in [0.2, 0.25) is 0 Å². The second kappa shape index (κ2) is 7.37. The lowest BCUT2D eigenvalue weighted by Crippen LogP contribution is -2.67. The molecule has 0 aliphatic carbocycles. The summed E-state index contributed by atoms with van der Waals surface area (Å²) >= 11 is 0. The summed E-state index contributed by atoms with van der Waals surface area (Å²) in [5, 5.41) is 22.3. The predicted octanol–water partition coefficient (Wildman–Crippen LogP) is 0.485. The summed E-state index contributed by atoms with van der Waals surface area (Å²) in [6.07, 6.45) is 3.07. The fourth-order valence-corrected chi connectivity index (χ4v) is 4.82. The minimum atomic E-state index is -1.23. The summed E-state index contributed by atoms with van der Waals surface area (Å²) in [7, 11) is 0. The van der Waals surface area contributed by atoms with Crippen molar-refractivity contribution in [2.45, 2.75) is 57.4 Å². The van der Waals surface area contributed by atoms with Gasteiger partial charge in [0, 0.05) is 11.8 Å². The van der Waals surface area contributed by atoms with E-state index in [4.69, 9.17) is 14.2 Å². The number of carbonyl (C=O) groups excluding carboxylic acids is 3. The Morgan fingerprint density at radius 3 is 2.58 bits per heavy atom. The Kier molecular flexibility index (Phi) is 5.20. The molecule has 7 atom stereocenters. The zero-order valence-corrected chi connectivity index (χ0v) is 17.9. The van der Waals surface area contributed by atoms with Gasteiger partial charge in [-0.3, -0.25) is 14.4 Å². The fraction of sp³-hybridized carbons (Fsp3) is 0.591. The fourth-order valence-electron chi connectivity index (χ4n) is 4.82. The van der Waals surface area contributed by atoms with Crippen molar-refractivity contribution in [3.8, 4) is 0 Å². The van der Waals surface area contributed by atoms with E-state index in [-0.39, 0.29) is 48.2 Å². The van der Waals surface area contributed by atoms with Gasteiger partial charge in [-0.25, -0.2) is 0 Å². The third-order valence-corrected chi connectivity index (χ3v) is 6.67. The van der Waals surface area contributed by atoms with E-state index in [1.807, 2.05) is 26.8 Å². The van der Waals surface area contributed by atoms with Crippen LogP contribution in [-0.4, -0.2) is 70.5 Å². The van der Waals surface area contributed by atoms with E-state index in [2.05, 4.69) is 5.32 Å². The number of fused-ring (bicyclic) bond motifs is 4. The van der Waals surface area contributed by atoms with Crippen LogP contribution in [0.5, 0.6) is 0 Å². The summed E-state index contributed by atoms with van der Waals surface area (Å²) in [6, 6.07) is 0. The Labute approximate surface area is 179 Å². The number of ether oxygens (including phenoxy) is 3. The lowest BCUT2D eigenvalue weighted by molar-refractivity contribution is -0.355. The monoisotopic (exact) mass is 433 g/mol. The van der Waals surface area contributed by atoms with Gasteiger partial charge in [-0.1, -0.05) is 31.6 Å². The first-order valence-corrected chi connectivity index (χ1v) is 10.3. The van der Waals surface area contributed by atoms with Gasteiger partial charge in [-0.2, -0.15) is 0 Å². The van der Waals surface area contributed by atoms with E-state index in [1.165, 1.54) is 6.08 Å². The molecule has 31 heavy (non-hydrogen) atoms. The zero-order chi connectivity index (χ0) is 22.7. The maximum atomic E-state index is 12.7. The molecule has 0 radical (unpaired) electrons. The SMILES string of the molecule is CC(/C=C/C(O)=C1\C(=O)CNC1=O)=C\[C@H](C)[C@@H]1O[C@]2(C)O[C@@H](C(=O)[C@H]3O[C@]32CO)[C@H]1C. The Bertz CT molecular complexity index is 918. The maximum Gasteiger partial charge on any atom is 0.259 e. The third-order valence-electron chi connectivity index (χ3n) is 6.67. The van der Waals surface area contributed by atoms with Crippen LogP contribution in [0.1, 0.15) is 27.7 Å². The van der Waals surface area contributed by atoms with Crippen molar-refractivity contribution in [3.63, 3.8) is 0 Å². The minimum Gasteiger partial charge on any atom is -0.507 e. The number of allylic oxidation sites excluding steroid dienone is 3. The molecule has 1 amide bonds. The van der Waals surface area contributed by atoms with E-state index in [9.17, 15) is 24.6 Å². The van der Waals surface area contributed by atoms with Gasteiger partial charge in [0.1, 0.15) is 17.4 Å². The Morgan fingerprint density at radius 1 is 1.26 bits per heavy atom.